The third-order valence-corrected chi connectivity index (χ3v) is 8.87. The number of nitrogens with two attached hydrogens (primary N) is 1. The molecule has 2 saturated heterocycles. The van der Waals surface area contributed by atoms with E-state index in [4.69, 9.17) is 5.73 Å². The molecule has 2 aliphatic rings. The number of nitrogens with one attached hydrogen (secondary N) is 1. The first-order valence-corrected chi connectivity index (χ1v) is 15.0. The van der Waals surface area contributed by atoms with Crippen LogP contribution in [-0.4, -0.2) is 67.1 Å². The molecule has 3 amide bonds. The van der Waals surface area contributed by atoms with Crippen molar-refractivity contribution in [3.63, 3.8) is 0 Å². The molecular weight excluding hydrogens is 534 g/mol. The van der Waals surface area contributed by atoms with Crippen molar-refractivity contribution in [2.24, 2.45) is 15.9 Å². The van der Waals surface area contributed by atoms with E-state index in [1.54, 1.807) is 13.1 Å². The van der Waals surface area contributed by atoms with E-state index in [-0.39, 0.29) is 23.5 Å². The largest absolute Gasteiger partial charge is 0.368 e. The maximum Gasteiger partial charge on any atom is 0.249 e. The lowest BCUT2D eigenvalue weighted by Crippen LogP contribution is -2.71. The Labute approximate surface area is 240 Å². The zero-order chi connectivity index (χ0) is 29.3. The first-order valence-electron chi connectivity index (χ1n) is 13.3. The smallest absolute Gasteiger partial charge is 0.249 e. The van der Waals surface area contributed by atoms with Gasteiger partial charge >= 0.3 is 0 Å². The molecule has 1 aromatic carbocycles. The Hall–Kier alpha value is -2.66. The minimum Gasteiger partial charge on any atom is -0.368 e. The molecule has 0 radical (unpaired) electrons. The van der Waals surface area contributed by atoms with E-state index >= 15 is 0 Å². The van der Waals surface area contributed by atoms with Gasteiger partial charge in [0.1, 0.15) is 23.2 Å². The Morgan fingerprint density at radius 1 is 1.18 bits per heavy atom. The molecule has 0 aromatic heterocycles. The molecule has 9 nitrogen and oxygen atoms in total. The number of fused-ring (bicyclic) bond motifs is 1. The number of β-lactam (4-membered cyclic amide) rings is 1. The monoisotopic (exact) mass is 575 g/mol. The van der Waals surface area contributed by atoms with Gasteiger partial charge in [0.05, 0.1) is 16.5 Å². The fraction of sp³-hybridized carbons (Fsp3) is 0.571. The summed E-state index contributed by atoms with van der Waals surface area (Å²) in [7, 11) is 0. The molecule has 2 fully saturated rings. The number of thioether (sulfide) groups is 2. The highest BCUT2D eigenvalue weighted by molar-refractivity contribution is 8.15. The molecule has 0 saturated carbocycles. The van der Waals surface area contributed by atoms with Gasteiger partial charge in [-0.15, -0.1) is 16.9 Å². The van der Waals surface area contributed by atoms with Crippen LogP contribution in [0.5, 0.6) is 0 Å². The quantitative estimate of drug-likeness (QED) is 0.188. The molecule has 3 N–H and O–H groups in total. The number of hydrogen-bond acceptors (Lipinski definition) is 8. The van der Waals surface area contributed by atoms with Crippen molar-refractivity contribution in [1.29, 1.82) is 0 Å². The average Bonchev–Trinajstić information content (AvgIpc) is 3.11. The van der Waals surface area contributed by atoms with Crippen LogP contribution in [0.1, 0.15) is 78.9 Å². The molecule has 0 bridgehead atoms. The summed E-state index contributed by atoms with van der Waals surface area (Å²) in [6, 6.07) is 6.62. The number of hydrogen-bond donors (Lipinski definition) is 2. The number of carbonyl (C=O) groups is 4. The van der Waals surface area contributed by atoms with E-state index in [2.05, 4.69) is 48.4 Å². The normalized spacial score (nSPS) is 22.4. The van der Waals surface area contributed by atoms with Gasteiger partial charge in [0.2, 0.25) is 17.7 Å². The minimum atomic E-state index is -0.744. The highest BCUT2D eigenvalue weighted by Gasteiger charge is 2.63. The van der Waals surface area contributed by atoms with Gasteiger partial charge in [0.25, 0.3) is 0 Å². The summed E-state index contributed by atoms with van der Waals surface area (Å²) in [6.45, 7) is 13.2. The molecule has 214 valence electrons. The van der Waals surface area contributed by atoms with Gasteiger partial charge in [-0.25, -0.2) is 0 Å². The fourth-order valence-electron chi connectivity index (χ4n) is 4.34. The third kappa shape index (κ3) is 8.66. The van der Waals surface area contributed by atoms with Crippen LogP contribution in [0.25, 0.3) is 0 Å². The fourth-order valence-corrected chi connectivity index (χ4v) is 6.89. The van der Waals surface area contributed by atoms with Crippen molar-refractivity contribution in [3.8, 4) is 0 Å². The van der Waals surface area contributed by atoms with E-state index in [9.17, 15) is 19.2 Å². The Morgan fingerprint density at radius 3 is 2.33 bits per heavy atom. The van der Waals surface area contributed by atoms with Crippen LogP contribution in [0, 0.1) is 0 Å². The maximum atomic E-state index is 12.7. The number of carbonyl (C=O) groups excluding carboxylic acids is 4. The van der Waals surface area contributed by atoms with Crippen LogP contribution in [0.2, 0.25) is 0 Å². The lowest BCUT2D eigenvalue weighted by Gasteiger charge is -2.44. The summed E-state index contributed by atoms with van der Waals surface area (Å²) in [5.41, 5.74) is 7.70. The summed E-state index contributed by atoms with van der Waals surface area (Å²) in [4.78, 5) is 50.9. The number of benzene rings is 1. The Kier molecular flexibility index (Phi) is 12.2. The molecule has 0 aliphatic carbocycles. The zero-order valence-corrected chi connectivity index (χ0v) is 25.5. The van der Waals surface area contributed by atoms with Gasteiger partial charge in [-0.3, -0.25) is 19.2 Å². The molecule has 39 heavy (non-hydrogen) atoms. The second-order valence-electron chi connectivity index (χ2n) is 10.2. The number of nitrogens with zero attached hydrogens (tertiary/aromatic N) is 3. The molecule has 3 rings (SSSR count). The molecule has 4 atom stereocenters. The topological polar surface area (TPSA) is 134 Å². The van der Waals surface area contributed by atoms with Gasteiger partial charge < -0.3 is 16.0 Å². The standard InChI is InChI=1S/C25H33N5O4S2.C3H8/c1-6-7-16-8-10-17(11-9-16)13-27-29-15(3)35-18(14(2)31)12-19(32)28-20-23(34)30-21(22(26)33)25(4,5)36-24(20)30;1-3-2/h8-11,13,18,20-21,24H,6-7,12H2,1-5H3,(H2,26,33)(H,28,32);3H2,1-2H3/b27-13+,29-15-;. The number of rotatable bonds is 10. The molecule has 2 heterocycles. The lowest BCUT2D eigenvalue weighted by molar-refractivity contribution is -0.154. The summed E-state index contributed by atoms with van der Waals surface area (Å²) in [5.74, 6) is -1.49. The number of primary amides is 1. The van der Waals surface area contributed by atoms with Crippen molar-refractivity contribution >= 4 is 58.3 Å². The number of ketones is 1. The second-order valence-corrected chi connectivity index (χ2v) is 13.4. The predicted octanol–water partition coefficient (Wildman–Crippen LogP) is 3.92. The Balaban J connectivity index is 0.00000170. The van der Waals surface area contributed by atoms with E-state index in [1.807, 2.05) is 26.0 Å². The van der Waals surface area contributed by atoms with Crippen molar-refractivity contribution < 1.29 is 19.2 Å². The van der Waals surface area contributed by atoms with E-state index in [1.165, 1.54) is 47.3 Å². The highest BCUT2D eigenvalue weighted by Crippen LogP contribution is 2.50. The first kappa shape index (κ1) is 32.6. The average molecular weight is 576 g/mol. The van der Waals surface area contributed by atoms with E-state index < -0.39 is 33.9 Å². The van der Waals surface area contributed by atoms with Gasteiger partial charge in [-0.2, -0.15) is 5.10 Å². The van der Waals surface area contributed by atoms with Gasteiger partial charge in [0.15, 0.2) is 0 Å². The van der Waals surface area contributed by atoms with Gasteiger partial charge in [-0.05, 0) is 45.2 Å². The van der Waals surface area contributed by atoms with E-state index in [0.29, 0.717) is 5.04 Å². The third-order valence-electron chi connectivity index (χ3n) is 6.09. The van der Waals surface area contributed by atoms with Crippen LogP contribution in [0.15, 0.2) is 34.5 Å². The predicted molar refractivity (Wildman–Crippen MR) is 161 cm³/mol. The van der Waals surface area contributed by atoms with Crippen molar-refractivity contribution in [2.45, 2.75) is 102 Å². The first-order chi connectivity index (χ1) is 18.4. The van der Waals surface area contributed by atoms with Crippen LogP contribution in [0.4, 0.5) is 0 Å². The zero-order valence-electron chi connectivity index (χ0n) is 23.9. The number of Topliss-reactive ketones (excluding diaryl/α,β-unsaturated/α-hetero) is 1. The lowest BCUT2D eigenvalue weighted by atomic mass is 9.95. The van der Waals surface area contributed by atoms with Crippen molar-refractivity contribution in [3.05, 3.63) is 35.4 Å². The summed E-state index contributed by atoms with van der Waals surface area (Å²) >= 11 is 2.60. The Bertz CT molecular complexity index is 1100. The molecule has 2 aliphatic heterocycles. The maximum absolute atomic E-state index is 12.7. The molecule has 1 aromatic rings. The summed E-state index contributed by atoms with van der Waals surface area (Å²) in [6.07, 6.45) is 4.92. The SMILES string of the molecule is CCC.CCCc1ccc(/C=N/N=C(/C)SC(CC(=O)NC2C(=O)N3C2SC(C)(C)C3C(N)=O)C(C)=O)cc1. The van der Waals surface area contributed by atoms with Crippen LogP contribution < -0.4 is 11.1 Å². The molecule has 11 heteroatoms. The van der Waals surface area contributed by atoms with Gasteiger partial charge in [0, 0.05) is 11.2 Å². The molecular formula is C28H41N5O4S2. The van der Waals surface area contributed by atoms with Crippen LogP contribution in [0.3, 0.4) is 0 Å². The minimum absolute atomic E-state index is 0.0979. The highest BCUT2D eigenvalue weighted by atomic mass is 32.2. The number of aryl methyl sites for hydroxylation is 1. The Morgan fingerprint density at radius 2 is 1.79 bits per heavy atom. The summed E-state index contributed by atoms with van der Waals surface area (Å²) < 4.78 is -0.547. The van der Waals surface area contributed by atoms with Crippen molar-refractivity contribution in [1.82, 2.24) is 10.2 Å². The van der Waals surface area contributed by atoms with Crippen LogP contribution >= 0.6 is 23.5 Å². The number of amides is 3. The van der Waals surface area contributed by atoms with Crippen LogP contribution in [-0.2, 0) is 25.6 Å². The molecule has 4 unspecified atom stereocenters. The van der Waals surface area contributed by atoms with Gasteiger partial charge in [-0.1, -0.05) is 69.6 Å². The van der Waals surface area contributed by atoms with E-state index in [0.717, 1.165) is 18.4 Å². The summed E-state index contributed by atoms with van der Waals surface area (Å²) in [5, 5.41) is 10.5. The second kappa shape index (κ2) is 14.6. The van der Waals surface area contributed by atoms with Crippen molar-refractivity contribution in [2.75, 3.05) is 0 Å². The molecule has 0 spiro atoms.